The first-order valence-corrected chi connectivity index (χ1v) is 8.66. The molecule has 2 atom stereocenters. The lowest BCUT2D eigenvalue weighted by atomic mass is 9.91. The molecule has 6 heteroatoms. The van der Waals surface area contributed by atoms with E-state index in [9.17, 15) is 14.7 Å². The molecule has 138 valence electrons. The zero-order chi connectivity index (χ0) is 18.5. The number of nitrogens with two attached hydrogens (primary N) is 1. The molecule has 0 aromatic carbocycles. The quantitative estimate of drug-likeness (QED) is 0.425. The van der Waals surface area contributed by atoms with Crippen molar-refractivity contribution in [1.82, 2.24) is 0 Å². The van der Waals surface area contributed by atoms with E-state index in [1.807, 2.05) is 6.92 Å². The molecule has 23 heavy (non-hydrogen) atoms. The van der Waals surface area contributed by atoms with Gasteiger partial charge in [-0.05, 0) is 40.5 Å². The van der Waals surface area contributed by atoms with Gasteiger partial charge in [-0.2, -0.15) is 0 Å². The predicted octanol–water partition coefficient (Wildman–Crippen LogP) is -0.246. The van der Waals surface area contributed by atoms with Crippen LogP contribution in [-0.4, -0.2) is 43.7 Å². The number of hydrogen-bond donors (Lipinski definition) is 2. The number of ether oxygens (including phenoxy) is 1. The van der Waals surface area contributed by atoms with Crippen LogP contribution in [0.5, 0.6) is 0 Å². The van der Waals surface area contributed by atoms with Crippen molar-refractivity contribution in [2.24, 2.45) is 11.7 Å². The Labute approximate surface area is 141 Å². The molecule has 2 unspecified atom stereocenters. The molecule has 0 saturated carbocycles. The Bertz CT molecular complexity index is 323. The highest BCUT2D eigenvalue weighted by molar-refractivity contribution is 5.78. The van der Waals surface area contributed by atoms with E-state index in [2.05, 4.69) is 20.8 Å². The molecular formula is C17H36N2O4. The number of carboxylic acids is 1. The number of quaternary nitrogens is 1. The number of carbonyl (C=O) groups is 2. The summed E-state index contributed by atoms with van der Waals surface area (Å²) in [7, 11) is 0. The highest BCUT2D eigenvalue weighted by Crippen LogP contribution is 2.15. The van der Waals surface area contributed by atoms with Crippen molar-refractivity contribution in [2.75, 3.05) is 26.2 Å². The van der Waals surface area contributed by atoms with Crippen LogP contribution >= 0.6 is 0 Å². The van der Waals surface area contributed by atoms with Crippen LogP contribution in [0.25, 0.3) is 0 Å². The van der Waals surface area contributed by atoms with Gasteiger partial charge in [0, 0.05) is 0 Å². The smallest absolute Gasteiger partial charge is 0.308 e. The number of hydrogen-bond acceptors (Lipinski definition) is 5. The number of unbranched alkanes of at least 4 members (excludes halogenated alkanes) is 1. The summed E-state index contributed by atoms with van der Waals surface area (Å²) < 4.78 is 4.96. The summed E-state index contributed by atoms with van der Waals surface area (Å²) >= 11 is 0. The minimum atomic E-state index is -1.50. The lowest BCUT2D eigenvalue weighted by Gasteiger charge is -2.28. The third kappa shape index (κ3) is 12.0. The minimum Gasteiger partial charge on any atom is -0.548 e. The summed E-state index contributed by atoms with van der Waals surface area (Å²) in [5.41, 5.74) is 3.99. The van der Waals surface area contributed by atoms with Crippen LogP contribution < -0.4 is 15.7 Å². The molecule has 3 N–H and O–H groups in total. The molecule has 0 fully saturated rings. The second-order valence-electron chi connectivity index (χ2n) is 6.14. The number of carbonyl (C=O) groups excluding carboxylic acids is 2. The van der Waals surface area contributed by atoms with Crippen molar-refractivity contribution in [3.8, 4) is 0 Å². The average molecular weight is 332 g/mol. The maximum absolute atomic E-state index is 11.4. The van der Waals surface area contributed by atoms with Crippen molar-refractivity contribution in [3.05, 3.63) is 0 Å². The molecular weight excluding hydrogens is 296 g/mol. The van der Waals surface area contributed by atoms with Gasteiger partial charge in [0.15, 0.2) is 0 Å². The van der Waals surface area contributed by atoms with Crippen LogP contribution in [0.15, 0.2) is 0 Å². The van der Waals surface area contributed by atoms with Crippen molar-refractivity contribution in [2.45, 2.75) is 66.3 Å². The summed E-state index contributed by atoms with van der Waals surface area (Å²) in [5.74, 6) is -2.31. The van der Waals surface area contributed by atoms with E-state index in [1.165, 1.54) is 26.6 Å². The van der Waals surface area contributed by atoms with Crippen LogP contribution in [0.4, 0.5) is 0 Å². The van der Waals surface area contributed by atoms with Gasteiger partial charge in [-0.1, -0.05) is 20.3 Å². The molecule has 0 rings (SSSR count). The van der Waals surface area contributed by atoms with Crippen molar-refractivity contribution in [1.29, 1.82) is 0 Å². The first-order chi connectivity index (χ1) is 10.7. The standard InChI is InChI=1S/C11H21NO4.C6H15N/c1-4-5-6-16-9(13)8(2)7-11(3,12)10(14)15;1-4-7(5-2)6-3/h8H,4-7,12H2,1-3H3,(H,14,15);4-6H2,1-3H3. The van der Waals surface area contributed by atoms with Gasteiger partial charge in [-0.3, -0.25) is 4.79 Å². The molecule has 0 aliphatic rings. The van der Waals surface area contributed by atoms with Crippen molar-refractivity contribution in [3.63, 3.8) is 0 Å². The minimum absolute atomic E-state index is 0.0142. The van der Waals surface area contributed by atoms with E-state index in [4.69, 9.17) is 10.5 Å². The van der Waals surface area contributed by atoms with E-state index in [0.29, 0.717) is 6.61 Å². The van der Waals surface area contributed by atoms with Crippen LogP contribution in [0, 0.1) is 5.92 Å². The number of carboxylic acid groups (broad SMARTS) is 1. The molecule has 6 nitrogen and oxygen atoms in total. The fourth-order valence-corrected chi connectivity index (χ4v) is 2.01. The monoisotopic (exact) mass is 332 g/mol. The SMILES string of the molecule is CCCCOC(=O)C(C)CC(C)(N)C(=O)[O-].CC[NH+](CC)CC. The van der Waals surface area contributed by atoms with Gasteiger partial charge >= 0.3 is 5.97 Å². The Hall–Kier alpha value is -1.14. The molecule has 0 radical (unpaired) electrons. The first kappa shape index (κ1) is 24.1. The predicted molar refractivity (Wildman–Crippen MR) is 89.8 cm³/mol. The highest BCUT2D eigenvalue weighted by atomic mass is 16.5. The van der Waals surface area contributed by atoms with Crippen LogP contribution in [0.1, 0.15) is 60.8 Å². The Kier molecular flexibility index (Phi) is 14.0. The molecule has 0 spiro atoms. The first-order valence-electron chi connectivity index (χ1n) is 8.66. The average Bonchev–Trinajstić information content (AvgIpc) is 2.49. The fraction of sp³-hybridized carbons (Fsp3) is 0.882. The van der Waals surface area contributed by atoms with Gasteiger partial charge in [0.2, 0.25) is 0 Å². The summed E-state index contributed by atoms with van der Waals surface area (Å²) in [6.45, 7) is 15.8. The lowest BCUT2D eigenvalue weighted by molar-refractivity contribution is -0.894. The zero-order valence-electron chi connectivity index (χ0n) is 15.7. The largest absolute Gasteiger partial charge is 0.548 e. The van der Waals surface area contributed by atoms with E-state index in [1.54, 1.807) is 11.8 Å². The van der Waals surface area contributed by atoms with Gasteiger partial charge in [-0.25, -0.2) is 0 Å². The number of rotatable bonds is 10. The second kappa shape index (κ2) is 13.3. The Morgan fingerprint density at radius 1 is 1.17 bits per heavy atom. The van der Waals surface area contributed by atoms with Crippen molar-refractivity contribution >= 4 is 11.9 Å². The van der Waals surface area contributed by atoms with Gasteiger partial charge in [-0.15, -0.1) is 0 Å². The Morgan fingerprint density at radius 2 is 1.65 bits per heavy atom. The summed E-state index contributed by atoms with van der Waals surface area (Å²) in [5, 5.41) is 10.7. The van der Waals surface area contributed by atoms with E-state index >= 15 is 0 Å². The van der Waals surface area contributed by atoms with E-state index in [-0.39, 0.29) is 6.42 Å². The number of esters is 1. The van der Waals surface area contributed by atoms with E-state index < -0.39 is 23.4 Å². The number of aliphatic carboxylic acids is 1. The molecule has 0 saturated heterocycles. The van der Waals surface area contributed by atoms with Crippen molar-refractivity contribution < 1.29 is 24.3 Å². The van der Waals surface area contributed by atoms with Gasteiger partial charge in [0.25, 0.3) is 0 Å². The Morgan fingerprint density at radius 3 is 1.96 bits per heavy atom. The van der Waals surface area contributed by atoms with Gasteiger partial charge in [0.1, 0.15) is 0 Å². The maximum atomic E-state index is 11.4. The van der Waals surface area contributed by atoms with E-state index in [0.717, 1.165) is 12.8 Å². The molecule has 0 heterocycles. The number of nitrogens with one attached hydrogen (secondary N) is 1. The molecule has 0 bridgehead atoms. The third-order valence-corrected chi connectivity index (χ3v) is 3.84. The summed E-state index contributed by atoms with van der Waals surface area (Å²) in [6.07, 6.45) is 1.76. The topological polar surface area (TPSA) is 96.9 Å². The molecule has 0 aromatic rings. The fourth-order valence-electron chi connectivity index (χ4n) is 2.01. The highest BCUT2D eigenvalue weighted by Gasteiger charge is 2.27. The normalized spacial score (nSPS) is 14.4. The van der Waals surface area contributed by atoms with Crippen LogP contribution in [0.3, 0.4) is 0 Å². The van der Waals surface area contributed by atoms with Crippen LogP contribution in [0.2, 0.25) is 0 Å². The zero-order valence-corrected chi connectivity index (χ0v) is 15.7. The molecule has 0 aromatic heterocycles. The summed E-state index contributed by atoms with van der Waals surface area (Å²) in [6, 6.07) is 0. The summed E-state index contributed by atoms with van der Waals surface area (Å²) in [4.78, 5) is 23.8. The van der Waals surface area contributed by atoms with Gasteiger partial charge in [0.05, 0.1) is 43.7 Å². The Balaban J connectivity index is 0. The maximum Gasteiger partial charge on any atom is 0.308 e. The molecule has 0 aliphatic heterocycles. The molecule has 0 aliphatic carbocycles. The van der Waals surface area contributed by atoms with Gasteiger partial charge < -0.3 is 25.3 Å². The second-order valence-corrected chi connectivity index (χ2v) is 6.14. The van der Waals surface area contributed by atoms with Crippen LogP contribution in [-0.2, 0) is 14.3 Å². The third-order valence-electron chi connectivity index (χ3n) is 3.84. The molecule has 0 amide bonds. The lowest BCUT2D eigenvalue weighted by Crippen LogP contribution is -3.11.